The van der Waals surface area contributed by atoms with Crippen LogP contribution < -0.4 is 10.0 Å². The van der Waals surface area contributed by atoms with Crippen LogP contribution in [0.15, 0.2) is 36.6 Å². The minimum Gasteiger partial charge on any atom is -0.319 e. The highest BCUT2D eigenvalue weighted by atomic mass is 32.2. The van der Waals surface area contributed by atoms with E-state index in [4.69, 9.17) is 0 Å². The molecule has 0 saturated heterocycles. The van der Waals surface area contributed by atoms with Crippen molar-refractivity contribution in [2.45, 2.75) is 13.1 Å². The Kier molecular flexibility index (Phi) is 5.91. The number of nitrogens with zero attached hydrogens (tertiary/aromatic N) is 1. The monoisotopic (exact) mass is 349 g/mol. The maximum absolute atomic E-state index is 12.7. The molecule has 1 heterocycles. The zero-order valence-corrected chi connectivity index (χ0v) is 13.0. The predicted molar refractivity (Wildman–Crippen MR) is 80.3 cm³/mol. The predicted octanol–water partition coefficient (Wildman–Crippen LogP) is 2.54. The molecule has 0 bridgehead atoms. The first-order valence-electron chi connectivity index (χ1n) is 6.18. The fourth-order valence-electron chi connectivity index (χ4n) is 1.40. The van der Waals surface area contributed by atoms with Crippen molar-refractivity contribution in [1.29, 1.82) is 0 Å². The Labute approximate surface area is 131 Å². The second kappa shape index (κ2) is 7.27. The zero-order valence-electron chi connectivity index (χ0n) is 12.2. The normalized spacial score (nSPS) is 12.7. The molecule has 1 amide bonds. The highest BCUT2D eigenvalue weighted by Crippen LogP contribution is 2.32. The van der Waals surface area contributed by atoms with E-state index in [9.17, 15) is 26.4 Å². The lowest BCUT2D eigenvalue weighted by Crippen LogP contribution is -2.17. The summed E-state index contributed by atoms with van der Waals surface area (Å²) in [5.41, 5.74) is -1.52. The number of alkyl halides is 3. The highest BCUT2D eigenvalue weighted by Gasteiger charge is 2.32. The van der Waals surface area contributed by atoms with Crippen LogP contribution in [0.25, 0.3) is 0 Å². The van der Waals surface area contributed by atoms with E-state index in [1.54, 1.807) is 19.1 Å². The van der Waals surface area contributed by atoms with Crippen molar-refractivity contribution in [3.05, 3.63) is 42.1 Å². The highest BCUT2D eigenvalue weighted by molar-refractivity contribution is 7.92. The first-order valence-corrected chi connectivity index (χ1v) is 8.07. The van der Waals surface area contributed by atoms with Crippen LogP contribution in [0.3, 0.4) is 0 Å². The number of rotatable bonds is 5. The van der Waals surface area contributed by atoms with Gasteiger partial charge in [0.25, 0.3) is 0 Å². The van der Waals surface area contributed by atoms with E-state index in [2.05, 4.69) is 10.3 Å². The van der Waals surface area contributed by atoms with E-state index in [1.165, 1.54) is 6.08 Å². The molecule has 1 aromatic heterocycles. The summed E-state index contributed by atoms with van der Waals surface area (Å²) < 4.78 is 62.5. The molecule has 23 heavy (non-hydrogen) atoms. The van der Waals surface area contributed by atoms with Gasteiger partial charge >= 0.3 is 6.18 Å². The molecule has 2 N–H and O–H groups in total. The molecule has 0 radical (unpaired) electrons. The van der Waals surface area contributed by atoms with Crippen LogP contribution in [-0.4, -0.2) is 25.6 Å². The number of nitrogens with one attached hydrogen (secondary N) is 2. The molecule has 0 saturated carbocycles. The smallest absolute Gasteiger partial charge is 0.319 e. The van der Waals surface area contributed by atoms with E-state index in [0.29, 0.717) is 12.3 Å². The third-order valence-corrected chi connectivity index (χ3v) is 2.87. The second-order valence-corrected chi connectivity index (χ2v) is 6.11. The molecule has 0 unspecified atom stereocenters. The summed E-state index contributed by atoms with van der Waals surface area (Å²) in [6.07, 6.45) is 2.23. The average molecular weight is 349 g/mol. The average Bonchev–Trinajstić information content (AvgIpc) is 2.38. The molecule has 0 spiro atoms. The summed E-state index contributed by atoms with van der Waals surface area (Å²) in [6, 6.07) is 0.599. The van der Waals surface area contributed by atoms with Crippen molar-refractivity contribution < 1.29 is 26.4 Å². The number of allylic oxidation sites excluding steroid dienone is 3. The van der Waals surface area contributed by atoms with Gasteiger partial charge in [-0.2, -0.15) is 13.2 Å². The van der Waals surface area contributed by atoms with Crippen LogP contribution in [0.5, 0.6) is 0 Å². The lowest BCUT2D eigenvalue weighted by molar-refractivity contribution is -0.137. The SMILES string of the molecule is C/C=C/C=C/C(=O)Nc1cc(C(F)(F)F)cnc1NS(C)(=O)=O. The Morgan fingerprint density at radius 2 is 1.96 bits per heavy atom. The van der Waals surface area contributed by atoms with Gasteiger partial charge in [-0.3, -0.25) is 9.52 Å². The number of anilines is 2. The van der Waals surface area contributed by atoms with Gasteiger partial charge in [-0.1, -0.05) is 18.2 Å². The third-order valence-electron chi connectivity index (χ3n) is 2.31. The van der Waals surface area contributed by atoms with Crippen LogP contribution in [0.1, 0.15) is 12.5 Å². The van der Waals surface area contributed by atoms with E-state index in [1.807, 2.05) is 4.72 Å². The van der Waals surface area contributed by atoms with Crippen LogP contribution in [0.2, 0.25) is 0 Å². The van der Waals surface area contributed by atoms with Crippen molar-refractivity contribution >= 4 is 27.4 Å². The number of aromatic nitrogens is 1. The first kappa shape index (κ1) is 18.7. The van der Waals surface area contributed by atoms with Gasteiger partial charge in [-0.25, -0.2) is 13.4 Å². The molecule has 126 valence electrons. The number of halogens is 3. The number of hydrogen-bond donors (Lipinski definition) is 2. The molecule has 10 heteroatoms. The number of carbonyl (C=O) groups is 1. The van der Waals surface area contributed by atoms with Gasteiger partial charge in [0.15, 0.2) is 5.82 Å². The fourth-order valence-corrected chi connectivity index (χ4v) is 1.91. The maximum Gasteiger partial charge on any atom is 0.417 e. The van der Waals surface area contributed by atoms with Gasteiger partial charge < -0.3 is 5.32 Å². The van der Waals surface area contributed by atoms with Gasteiger partial charge in [0.2, 0.25) is 15.9 Å². The zero-order chi connectivity index (χ0) is 17.7. The minimum atomic E-state index is -4.68. The molecule has 6 nitrogen and oxygen atoms in total. The summed E-state index contributed by atoms with van der Waals surface area (Å²) >= 11 is 0. The van der Waals surface area contributed by atoms with Crippen LogP contribution in [-0.2, 0) is 21.0 Å². The topological polar surface area (TPSA) is 88.2 Å². The molecule has 1 aromatic rings. The lowest BCUT2D eigenvalue weighted by Gasteiger charge is -2.13. The Hall–Kier alpha value is -2.36. The Morgan fingerprint density at radius 3 is 2.48 bits per heavy atom. The number of pyridine rings is 1. The second-order valence-electron chi connectivity index (χ2n) is 4.37. The van der Waals surface area contributed by atoms with Crippen molar-refractivity contribution in [3.8, 4) is 0 Å². The summed E-state index contributed by atoms with van der Waals surface area (Å²) in [4.78, 5) is 15.1. The third kappa shape index (κ3) is 6.51. The standard InChI is InChI=1S/C13H14F3N3O3S/c1-3-4-5-6-11(20)18-10-7-9(13(14,15)16)8-17-12(10)19-23(2,21)22/h3-8H,1-2H3,(H,17,19)(H,18,20)/b4-3+,6-5+. The van der Waals surface area contributed by atoms with Gasteiger partial charge in [-0.15, -0.1) is 0 Å². The van der Waals surface area contributed by atoms with Gasteiger partial charge in [0, 0.05) is 12.3 Å². The van der Waals surface area contributed by atoms with Crippen molar-refractivity contribution in [2.24, 2.45) is 0 Å². The maximum atomic E-state index is 12.7. The lowest BCUT2D eigenvalue weighted by atomic mass is 10.2. The van der Waals surface area contributed by atoms with Gasteiger partial charge in [0.1, 0.15) is 0 Å². The minimum absolute atomic E-state index is 0.402. The number of hydrogen-bond acceptors (Lipinski definition) is 4. The molecular formula is C13H14F3N3O3S. The van der Waals surface area contributed by atoms with Crippen molar-refractivity contribution in [2.75, 3.05) is 16.3 Å². The van der Waals surface area contributed by atoms with Crippen LogP contribution in [0, 0.1) is 0 Å². The van der Waals surface area contributed by atoms with E-state index < -0.39 is 39.2 Å². The summed E-state index contributed by atoms with van der Waals surface area (Å²) in [5, 5.41) is 2.16. The molecule has 0 aromatic carbocycles. The molecule has 1 rings (SSSR count). The van der Waals surface area contributed by atoms with E-state index in [0.717, 1.165) is 12.3 Å². The molecule has 0 aliphatic carbocycles. The summed E-state index contributed by atoms with van der Waals surface area (Å²) in [7, 11) is -3.78. The first-order chi connectivity index (χ1) is 10.5. The number of carbonyl (C=O) groups excluding carboxylic acids is 1. The summed E-state index contributed by atoms with van der Waals surface area (Å²) in [6.45, 7) is 1.72. The van der Waals surface area contributed by atoms with Crippen molar-refractivity contribution in [3.63, 3.8) is 0 Å². The van der Waals surface area contributed by atoms with Crippen LogP contribution >= 0.6 is 0 Å². The Bertz CT molecular complexity index is 741. The molecule has 0 fully saturated rings. The van der Waals surface area contributed by atoms with E-state index >= 15 is 0 Å². The molecule has 0 aliphatic heterocycles. The Morgan fingerprint density at radius 1 is 1.30 bits per heavy atom. The Balaban J connectivity index is 3.20. The molecular weight excluding hydrogens is 335 g/mol. The molecule has 0 atom stereocenters. The van der Waals surface area contributed by atoms with Gasteiger partial charge in [-0.05, 0) is 13.0 Å². The van der Waals surface area contributed by atoms with Crippen molar-refractivity contribution in [1.82, 2.24) is 4.98 Å². The number of sulfonamides is 1. The molecule has 0 aliphatic rings. The largest absolute Gasteiger partial charge is 0.417 e. The van der Waals surface area contributed by atoms with Crippen LogP contribution in [0.4, 0.5) is 24.7 Å². The summed E-state index contributed by atoms with van der Waals surface area (Å²) in [5.74, 6) is -1.14. The number of amides is 1. The van der Waals surface area contributed by atoms with Gasteiger partial charge in [0.05, 0.1) is 17.5 Å². The quantitative estimate of drug-likeness (QED) is 0.632. The van der Waals surface area contributed by atoms with E-state index in [-0.39, 0.29) is 0 Å². The fraction of sp³-hybridized carbons (Fsp3) is 0.231.